The molecule has 1 amide bonds. The van der Waals surface area contributed by atoms with Crippen LogP contribution < -0.4 is 24.0 Å². The normalized spacial score (nSPS) is 12.6. The van der Waals surface area contributed by atoms with E-state index >= 15 is 0 Å². The predicted octanol–water partition coefficient (Wildman–Crippen LogP) is 2.21. The highest BCUT2D eigenvalue weighted by Gasteiger charge is 2.24. The Morgan fingerprint density at radius 1 is 1.21 bits per heavy atom. The molecule has 0 fully saturated rings. The number of carbonyl (C=O) groups is 1. The van der Waals surface area contributed by atoms with Gasteiger partial charge in [-0.05, 0) is 31.2 Å². The molecule has 29 heavy (non-hydrogen) atoms. The Morgan fingerprint density at radius 3 is 2.62 bits per heavy atom. The Bertz CT molecular complexity index is 976. The summed E-state index contributed by atoms with van der Waals surface area (Å²) in [7, 11) is 4.13. The van der Waals surface area contributed by atoms with E-state index in [1.165, 1.54) is 16.2 Å². The Kier molecular flexibility index (Phi) is 5.55. The van der Waals surface area contributed by atoms with Gasteiger partial charge in [0.1, 0.15) is 5.75 Å². The standard InChI is InChI=1S/C21H23N3O4S/c1-4-26-15-7-5-14(6-8-15)20(25)24(10-9-23(2)3)21-22-16-11-17-18(28-13-27-17)12-19(16)29-21/h5-8,11-12H,4,9-10,13H2,1-3H3/p+1. The van der Waals surface area contributed by atoms with Gasteiger partial charge in [0.15, 0.2) is 16.6 Å². The zero-order valence-electron chi connectivity index (χ0n) is 16.7. The van der Waals surface area contributed by atoms with Crippen LogP contribution in [-0.2, 0) is 0 Å². The average molecular weight is 415 g/mol. The number of nitrogens with one attached hydrogen (secondary N) is 1. The van der Waals surface area contributed by atoms with Gasteiger partial charge < -0.3 is 19.1 Å². The smallest absolute Gasteiger partial charge is 0.260 e. The number of likely N-dealkylation sites (N-methyl/N-ethyl adjacent to an activating group) is 1. The molecule has 0 bridgehead atoms. The second-order valence-electron chi connectivity index (χ2n) is 7.04. The fourth-order valence-electron chi connectivity index (χ4n) is 3.06. The molecular formula is C21H24N3O4S+. The van der Waals surface area contributed by atoms with Gasteiger partial charge in [-0.1, -0.05) is 11.3 Å². The van der Waals surface area contributed by atoms with Gasteiger partial charge in [0, 0.05) is 17.7 Å². The number of aromatic nitrogens is 1. The number of carbonyl (C=O) groups excluding carboxylic acids is 1. The van der Waals surface area contributed by atoms with Crippen LogP contribution in [0.25, 0.3) is 10.2 Å². The topological polar surface area (TPSA) is 65.3 Å². The highest BCUT2D eigenvalue weighted by atomic mass is 32.1. The van der Waals surface area contributed by atoms with Crippen LogP contribution in [0.15, 0.2) is 36.4 Å². The van der Waals surface area contributed by atoms with Crippen LogP contribution in [0.1, 0.15) is 17.3 Å². The van der Waals surface area contributed by atoms with E-state index in [2.05, 4.69) is 14.1 Å². The Hall–Kier alpha value is -2.84. The second-order valence-corrected chi connectivity index (χ2v) is 8.05. The van der Waals surface area contributed by atoms with Gasteiger partial charge in [0.2, 0.25) is 6.79 Å². The minimum Gasteiger partial charge on any atom is -0.494 e. The van der Waals surface area contributed by atoms with Crippen LogP contribution in [0.5, 0.6) is 17.2 Å². The van der Waals surface area contributed by atoms with Gasteiger partial charge in [-0.2, -0.15) is 0 Å². The maximum absolute atomic E-state index is 13.3. The number of thiazole rings is 1. The zero-order valence-corrected chi connectivity index (χ0v) is 17.5. The minimum atomic E-state index is -0.0756. The summed E-state index contributed by atoms with van der Waals surface area (Å²) in [5.74, 6) is 2.09. The van der Waals surface area contributed by atoms with Crippen LogP contribution in [-0.4, -0.2) is 51.5 Å². The van der Waals surface area contributed by atoms with Gasteiger partial charge >= 0.3 is 0 Å². The molecule has 8 heteroatoms. The molecular weight excluding hydrogens is 390 g/mol. The number of nitrogens with zero attached hydrogens (tertiary/aromatic N) is 2. The molecule has 0 spiro atoms. The third-order valence-electron chi connectivity index (χ3n) is 4.60. The minimum absolute atomic E-state index is 0.0756. The van der Waals surface area contributed by atoms with Crippen molar-refractivity contribution in [1.29, 1.82) is 0 Å². The van der Waals surface area contributed by atoms with Crippen LogP contribution in [0.2, 0.25) is 0 Å². The highest BCUT2D eigenvalue weighted by molar-refractivity contribution is 7.22. The summed E-state index contributed by atoms with van der Waals surface area (Å²) >= 11 is 1.48. The first kappa shape index (κ1) is 19.5. The lowest BCUT2D eigenvalue weighted by Crippen LogP contribution is -3.06. The Labute approximate surface area is 173 Å². The van der Waals surface area contributed by atoms with Crippen LogP contribution in [0.3, 0.4) is 0 Å². The first-order chi connectivity index (χ1) is 14.0. The van der Waals surface area contributed by atoms with E-state index in [0.717, 1.165) is 28.3 Å². The van der Waals surface area contributed by atoms with Crippen molar-refractivity contribution < 1.29 is 23.9 Å². The molecule has 2 heterocycles. The van der Waals surface area contributed by atoms with Crippen molar-refractivity contribution >= 4 is 32.6 Å². The molecule has 0 saturated carbocycles. The van der Waals surface area contributed by atoms with Crippen molar-refractivity contribution in [3.63, 3.8) is 0 Å². The summed E-state index contributed by atoms with van der Waals surface area (Å²) in [5.41, 5.74) is 1.41. The van der Waals surface area contributed by atoms with Crippen molar-refractivity contribution in [2.45, 2.75) is 6.92 Å². The monoisotopic (exact) mass is 414 g/mol. The van der Waals surface area contributed by atoms with E-state index < -0.39 is 0 Å². The number of benzene rings is 2. The highest BCUT2D eigenvalue weighted by Crippen LogP contribution is 2.40. The van der Waals surface area contributed by atoms with Gasteiger partial charge in [0.05, 0.1) is 44.0 Å². The number of hydrogen-bond donors (Lipinski definition) is 1. The third-order valence-corrected chi connectivity index (χ3v) is 5.64. The summed E-state index contributed by atoms with van der Waals surface area (Å²) in [4.78, 5) is 21.0. The molecule has 3 aromatic rings. The fourth-order valence-corrected chi connectivity index (χ4v) is 4.06. The molecule has 1 aliphatic heterocycles. The first-order valence-corrected chi connectivity index (χ1v) is 10.4. The number of amides is 1. The van der Waals surface area contributed by atoms with Crippen molar-refractivity contribution in [3.05, 3.63) is 42.0 Å². The summed E-state index contributed by atoms with van der Waals surface area (Å²) in [6.45, 7) is 4.13. The van der Waals surface area contributed by atoms with Gasteiger partial charge in [0.25, 0.3) is 5.91 Å². The van der Waals surface area contributed by atoms with Crippen LogP contribution >= 0.6 is 11.3 Å². The number of ether oxygens (including phenoxy) is 3. The summed E-state index contributed by atoms with van der Waals surface area (Å²) in [6.07, 6.45) is 0. The van der Waals surface area contributed by atoms with Crippen molar-refractivity contribution in [2.24, 2.45) is 0 Å². The number of quaternary nitrogens is 1. The molecule has 4 rings (SSSR count). The second kappa shape index (κ2) is 8.26. The molecule has 0 radical (unpaired) electrons. The summed E-state index contributed by atoms with van der Waals surface area (Å²) in [6, 6.07) is 11.0. The number of fused-ring (bicyclic) bond motifs is 2. The van der Waals surface area contributed by atoms with Crippen LogP contribution in [0.4, 0.5) is 5.13 Å². The van der Waals surface area contributed by atoms with E-state index in [-0.39, 0.29) is 12.7 Å². The number of rotatable bonds is 7. The van der Waals surface area contributed by atoms with E-state index in [0.29, 0.717) is 29.6 Å². The van der Waals surface area contributed by atoms with Crippen molar-refractivity contribution in [3.8, 4) is 17.2 Å². The SMILES string of the molecule is CCOc1ccc(C(=O)N(CC[NH+](C)C)c2nc3cc4c(cc3s2)OCO4)cc1. The lowest BCUT2D eigenvalue weighted by Gasteiger charge is -2.20. The fraction of sp³-hybridized carbons (Fsp3) is 0.333. The van der Waals surface area contributed by atoms with Gasteiger partial charge in [-0.3, -0.25) is 9.69 Å². The third kappa shape index (κ3) is 4.13. The van der Waals surface area contributed by atoms with Crippen molar-refractivity contribution in [1.82, 2.24) is 4.98 Å². The van der Waals surface area contributed by atoms with E-state index in [1.807, 2.05) is 31.2 Å². The molecule has 1 aromatic heterocycles. The number of anilines is 1. The summed E-state index contributed by atoms with van der Waals surface area (Å²) in [5, 5.41) is 0.670. The molecule has 7 nitrogen and oxygen atoms in total. The lowest BCUT2D eigenvalue weighted by molar-refractivity contribution is -0.856. The largest absolute Gasteiger partial charge is 0.494 e. The van der Waals surface area contributed by atoms with Crippen molar-refractivity contribution in [2.75, 3.05) is 45.5 Å². The van der Waals surface area contributed by atoms with E-state index in [1.54, 1.807) is 17.0 Å². The molecule has 152 valence electrons. The van der Waals surface area contributed by atoms with E-state index in [9.17, 15) is 4.79 Å². The quantitative estimate of drug-likeness (QED) is 0.642. The molecule has 1 N–H and O–H groups in total. The lowest BCUT2D eigenvalue weighted by atomic mass is 10.2. The Morgan fingerprint density at radius 2 is 1.93 bits per heavy atom. The Balaban J connectivity index is 1.65. The molecule has 0 aliphatic carbocycles. The maximum Gasteiger partial charge on any atom is 0.260 e. The summed E-state index contributed by atoms with van der Waals surface area (Å²) < 4.78 is 17.4. The molecule has 0 atom stereocenters. The predicted molar refractivity (Wildman–Crippen MR) is 113 cm³/mol. The molecule has 2 aromatic carbocycles. The average Bonchev–Trinajstić information content (AvgIpc) is 3.32. The van der Waals surface area contributed by atoms with Gasteiger partial charge in [-0.15, -0.1) is 0 Å². The maximum atomic E-state index is 13.3. The number of hydrogen-bond acceptors (Lipinski definition) is 6. The molecule has 1 aliphatic rings. The first-order valence-electron chi connectivity index (χ1n) is 9.59. The molecule has 0 unspecified atom stereocenters. The van der Waals surface area contributed by atoms with Crippen LogP contribution in [0, 0.1) is 0 Å². The zero-order chi connectivity index (χ0) is 20.4. The van der Waals surface area contributed by atoms with E-state index in [4.69, 9.17) is 19.2 Å². The molecule has 0 saturated heterocycles. The van der Waals surface area contributed by atoms with Gasteiger partial charge in [-0.25, -0.2) is 4.98 Å².